The Morgan fingerprint density at radius 1 is 0.906 bits per heavy atom. The van der Waals surface area contributed by atoms with Gasteiger partial charge in [0.15, 0.2) is 0 Å². The number of nitrogens with one attached hydrogen (secondary N) is 2. The van der Waals surface area contributed by atoms with E-state index in [9.17, 15) is 4.79 Å². The molecule has 8 heteroatoms. The number of benzodiazepines with no additional fused rings is 1. The number of hydrogen-bond acceptors (Lipinski definition) is 7. The molecule has 2 N–H and O–H groups in total. The van der Waals surface area contributed by atoms with Gasteiger partial charge in [0, 0.05) is 11.1 Å². The zero-order chi connectivity index (χ0) is 21.9. The van der Waals surface area contributed by atoms with Crippen molar-refractivity contribution in [2.24, 2.45) is 4.99 Å². The minimum Gasteiger partial charge on any atom is -0.496 e. The van der Waals surface area contributed by atoms with Gasteiger partial charge in [0.05, 0.1) is 24.1 Å². The molecule has 3 aromatic carbocycles. The summed E-state index contributed by atoms with van der Waals surface area (Å²) in [4.78, 5) is 17.7. The van der Waals surface area contributed by atoms with Crippen LogP contribution in [0.5, 0.6) is 5.75 Å². The number of fused-ring (bicyclic) bond motifs is 1. The highest BCUT2D eigenvalue weighted by Gasteiger charge is 2.27. The van der Waals surface area contributed by atoms with Gasteiger partial charge >= 0.3 is 6.01 Å². The quantitative estimate of drug-likeness (QED) is 0.502. The second-order valence-corrected chi connectivity index (χ2v) is 7.04. The van der Waals surface area contributed by atoms with E-state index in [2.05, 4.69) is 20.8 Å². The molecule has 2 heterocycles. The molecule has 158 valence electrons. The normalized spacial score (nSPS) is 15.2. The van der Waals surface area contributed by atoms with Gasteiger partial charge in [0.2, 0.25) is 6.17 Å². The highest BCUT2D eigenvalue weighted by Crippen LogP contribution is 2.30. The van der Waals surface area contributed by atoms with Crippen LogP contribution in [0, 0.1) is 0 Å². The Kier molecular flexibility index (Phi) is 5.09. The van der Waals surface area contributed by atoms with Crippen LogP contribution in [0.3, 0.4) is 0 Å². The van der Waals surface area contributed by atoms with E-state index in [1.807, 2.05) is 72.8 Å². The summed E-state index contributed by atoms with van der Waals surface area (Å²) in [6.45, 7) is 0. The van der Waals surface area contributed by atoms with Crippen LogP contribution < -0.4 is 15.4 Å². The van der Waals surface area contributed by atoms with E-state index in [-0.39, 0.29) is 17.8 Å². The maximum absolute atomic E-state index is 12.9. The molecule has 0 bridgehead atoms. The molecule has 1 aliphatic heterocycles. The van der Waals surface area contributed by atoms with Crippen LogP contribution >= 0.6 is 0 Å². The van der Waals surface area contributed by atoms with E-state index in [1.165, 1.54) is 0 Å². The van der Waals surface area contributed by atoms with Crippen LogP contribution in [0.15, 0.2) is 88.3 Å². The summed E-state index contributed by atoms with van der Waals surface area (Å²) in [7, 11) is 1.57. The molecule has 0 radical (unpaired) electrons. The minimum atomic E-state index is -0.969. The fourth-order valence-corrected chi connectivity index (χ4v) is 3.51. The molecule has 1 atom stereocenters. The molecule has 5 rings (SSSR count). The SMILES string of the molecule is COc1ccccc1-c1nnc(N[C@H]2N=C(c3ccccc3)c3ccccc3NC2=O)o1. The fourth-order valence-electron chi connectivity index (χ4n) is 3.51. The highest BCUT2D eigenvalue weighted by molar-refractivity contribution is 6.19. The van der Waals surface area contributed by atoms with E-state index in [0.717, 1.165) is 11.1 Å². The molecule has 8 nitrogen and oxygen atoms in total. The third-order valence-electron chi connectivity index (χ3n) is 5.02. The van der Waals surface area contributed by atoms with Gasteiger partial charge in [0.25, 0.3) is 11.8 Å². The molecule has 32 heavy (non-hydrogen) atoms. The zero-order valence-electron chi connectivity index (χ0n) is 17.1. The summed E-state index contributed by atoms with van der Waals surface area (Å²) in [5.41, 5.74) is 3.74. The van der Waals surface area contributed by atoms with Crippen molar-refractivity contribution in [2.75, 3.05) is 17.7 Å². The zero-order valence-corrected chi connectivity index (χ0v) is 17.1. The van der Waals surface area contributed by atoms with Crippen LogP contribution in [0.2, 0.25) is 0 Å². The lowest BCUT2D eigenvalue weighted by molar-refractivity contribution is -0.116. The van der Waals surface area contributed by atoms with Crippen molar-refractivity contribution in [2.45, 2.75) is 6.17 Å². The maximum atomic E-state index is 12.9. The van der Waals surface area contributed by atoms with Gasteiger partial charge in [0.1, 0.15) is 5.75 Å². The molecule has 0 unspecified atom stereocenters. The minimum absolute atomic E-state index is 0.0770. The molecule has 1 amide bonds. The van der Waals surface area contributed by atoms with Gasteiger partial charge in [-0.1, -0.05) is 65.8 Å². The van der Waals surface area contributed by atoms with E-state index in [1.54, 1.807) is 13.2 Å². The number of carbonyl (C=O) groups is 1. The van der Waals surface area contributed by atoms with Crippen molar-refractivity contribution in [3.05, 3.63) is 90.0 Å². The number of carbonyl (C=O) groups excluding carboxylic acids is 1. The Balaban J connectivity index is 1.50. The Morgan fingerprint density at radius 3 is 2.44 bits per heavy atom. The molecule has 1 aliphatic rings. The number of nitrogens with zero attached hydrogens (tertiary/aromatic N) is 3. The number of benzene rings is 3. The number of para-hydroxylation sites is 2. The number of hydrogen-bond donors (Lipinski definition) is 2. The average molecular weight is 425 g/mol. The second-order valence-electron chi connectivity index (χ2n) is 7.04. The monoisotopic (exact) mass is 425 g/mol. The molecule has 4 aromatic rings. The number of ether oxygens (including phenoxy) is 1. The molecule has 0 saturated heterocycles. The third kappa shape index (κ3) is 3.69. The Labute approximate surface area is 184 Å². The van der Waals surface area contributed by atoms with E-state index >= 15 is 0 Å². The molecule has 0 spiro atoms. The van der Waals surface area contributed by atoms with Gasteiger partial charge in [-0.25, -0.2) is 4.99 Å². The van der Waals surface area contributed by atoms with Crippen molar-refractivity contribution < 1.29 is 13.9 Å². The van der Waals surface area contributed by atoms with E-state index in [4.69, 9.17) is 14.1 Å². The first kappa shape index (κ1) is 19.5. The summed E-state index contributed by atoms with van der Waals surface area (Å²) in [5.74, 6) is 0.546. The van der Waals surface area contributed by atoms with Crippen LogP contribution in [-0.4, -0.2) is 35.1 Å². The summed E-state index contributed by atoms with van der Waals surface area (Å²) < 4.78 is 11.1. The molecule has 0 aliphatic carbocycles. The van der Waals surface area contributed by atoms with Crippen molar-refractivity contribution in [3.8, 4) is 17.2 Å². The number of aliphatic imine (C=N–C) groups is 1. The number of anilines is 2. The number of amides is 1. The predicted molar refractivity (Wildman–Crippen MR) is 121 cm³/mol. The Bertz CT molecular complexity index is 1300. The van der Waals surface area contributed by atoms with Crippen LogP contribution in [-0.2, 0) is 4.79 Å². The van der Waals surface area contributed by atoms with Gasteiger partial charge in [-0.15, -0.1) is 5.10 Å². The fraction of sp³-hybridized carbons (Fsp3) is 0.0833. The van der Waals surface area contributed by atoms with E-state index < -0.39 is 6.17 Å². The molecular weight excluding hydrogens is 406 g/mol. The van der Waals surface area contributed by atoms with Crippen molar-refractivity contribution >= 4 is 23.3 Å². The first-order chi connectivity index (χ1) is 15.7. The summed E-state index contributed by atoms with van der Waals surface area (Å²) in [6, 6.07) is 24.7. The van der Waals surface area contributed by atoms with Crippen molar-refractivity contribution in [3.63, 3.8) is 0 Å². The molecular formula is C24H19N5O3. The average Bonchev–Trinajstić information content (AvgIpc) is 3.25. The highest BCUT2D eigenvalue weighted by atomic mass is 16.5. The maximum Gasteiger partial charge on any atom is 0.317 e. The van der Waals surface area contributed by atoms with E-state index in [0.29, 0.717) is 22.7 Å². The molecule has 1 aromatic heterocycles. The standard InChI is InChI=1S/C24H19N5O3/c1-31-19-14-8-6-12-17(19)23-28-29-24(32-23)27-21-22(30)25-18-13-7-5-11-16(18)20(26-21)15-9-3-2-4-10-15/h2-14,21H,1H3,(H,25,30)(H,27,29)/t21-/m1/s1. The molecule has 0 fully saturated rings. The first-order valence-electron chi connectivity index (χ1n) is 10.00. The number of methoxy groups -OCH3 is 1. The third-order valence-corrected chi connectivity index (χ3v) is 5.02. The van der Waals surface area contributed by atoms with Gasteiger partial charge in [-0.3, -0.25) is 4.79 Å². The lowest BCUT2D eigenvalue weighted by Crippen LogP contribution is -2.32. The van der Waals surface area contributed by atoms with Gasteiger partial charge in [-0.2, -0.15) is 0 Å². The summed E-state index contributed by atoms with van der Waals surface area (Å²) in [6.07, 6.45) is -0.969. The molecule has 0 saturated carbocycles. The number of rotatable bonds is 5. The summed E-state index contributed by atoms with van der Waals surface area (Å²) in [5, 5.41) is 14.0. The van der Waals surface area contributed by atoms with Crippen molar-refractivity contribution in [1.82, 2.24) is 10.2 Å². The van der Waals surface area contributed by atoms with Gasteiger partial charge < -0.3 is 19.8 Å². The lowest BCUT2D eigenvalue weighted by atomic mass is 10.0. The van der Waals surface area contributed by atoms with Crippen LogP contribution in [0.25, 0.3) is 11.5 Å². The van der Waals surface area contributed by atoms with Gasteiger partial charge in [-0.05, 0) is 18.2 Å². The first-order valence-corrected chi connectivity index (χ1v) is 10.00. The smallest absolute Gasteiger partial charge is 0.317 e. The second kappa shape index (κ2) is 8.35. The number of aromatic nitrogens is 2. The van der Waals surface area contributed by atoms with Crippen LogP contribution in [0.4, 0.5) is 11.7 Å². The largest absolute Gasteiger partial charge is 0.496 e. The topological polar surface area (TPSA) is 102 Å². The van der Waals surface area contributed by atoms with Crippen molar-refractivity contribution in [1.29, 1.82) is 0 Å². The Hall–Kier alpha value is -4.46. The van der Waals surface area contributed by atoms with Crippen LogP contribution in [0.1, 0.15) is 11.1 Å². The lowest BCUT2D eigenvalue weighted by Gasteiger charge is -2.11. The summed E-state index contributed by atoms with van der Waals surface area (Å²) >= 11 is 0. The predicted octanol–water partition coefficient (Wildman–Crippen LogP) is 3.97. The Morgan fingerprint density at radius 2 is 1.62 bits per heavy atom.